The summed E-state index contributed by atoms with van der Waals surface area (Å²) in [5, 5.41) is 2.22. The van der Waals surface area contributed by atoms with E-state index in [4.69, 9.17) is 15.5 Å². The predicted octanol–water partition coefficient (Wildman–Crippen LogP) is 2.50. The van der Waals surface area contributed by atoms with Crippen molar-refractivity contribution in [3.8, 4) is 0 Å². The first-order valence-electron chi connectivity index (χ1n) is 9.44. The summed E-state index contributed by atoms with van der Waals surface area (Å²) in [6, 6.07) is 10.3. The van der Waals surface area contributed by atoms with Gasteiger partial charge in [0.2, 0.25) is 0 Å². The quantitative estimate of drug-likeness (QED) is 0.795. The molecule has 0 radical (unpaired) electrons. The molecule has 4 nitrogen and oxygen atoms in total. The summed E-state index contributed by atoms with van der Waals surface area (Å²) in [7, 11) is 0. The Balaban J connectivity index is 1.82. The van der Waals surface area contributed by atoms with E-state index in [1.165, 1.54) is 16.5 Å². The standard InChI is InChI=1S/C22H29N3O/c1-17(2)12-13-25-21-11-9-18(14-23)8-10-20(21)24-22(25)16-26-15-19-6-4-3-5-7-19/h3-7,9-11,17H,8,12-16,23H2,1-2H3. The second kappa shape index (κ2) is 8.97. The first-order valence-corrected chi connectivity index (χ1v) is 9.44. The van der Waals surface area contributed by atoms with Crippen LogP contribution in [-0.2, 0) is 24.5 Å². The molecule has 0 atom stereocenters. The molecule has 0 fully saturated rings. The predicted molar refractivity (Wildman–Crippen MR) is 107 cm³/mol. The lowest BCUT2D eigenvalue weighted by molar-refractivity contribution is 0.0989. The molecule has 1 aliphatic carbocycles. The van der Waals surface area contributed by atoms with Gasteiger partial charge in [0.1, 0.15) is 12.4 Å². The number of nitrogens with zero attached hydrogens (tertiary/aromatic N) is 2. The molecule has 3 rings (SSSR count). The second-order valence-electron chi connectivity index (χ2n) is 7.22. The highest BCUT2D eigenvalue weighted by atomic mass is 16.5. The SMILES string of the molecule is CC(C)CCn1c(COCc2ccccc2)nc2c1=CC=C(CN)CC=2. The van der Waals surface area contributed by atoms with Crippen molar-refractivity contribution in [3.63, 3.8) is 0 Å². The number of hydrogen-bond donors (Lipinski definition) is 1. The second-order valence-corrected chi connectivity index (χ2v) is 7.22. The molecule has 0 unspecified atom stereocenters. The minimum atomic E-state index is 0.523. The Hall–Kier alpha value is -2.17. The number of benzene rings is 1. The molecule has 0 aliphatic heterocycles. The van der Waals surface area contributed by atoms with Gasteiger partial charge in [-0.25, -0.2) is 4.98 Å². The van der Waals surface area contributed by atoms with Crippen LogP contribution in [0.15, 0.2) is 42.0 Å². The Labute approximate surface area is 155 Å². The van der Waals surface area contributed by atoms with Crippen LogP contribution in [0.5, 0.6) is 0 Å². The summed E-state index contributed by atoms with van der Waals surface area (Å²) in [5.74, 6) is 1.65. The third-order valence-corrected chi connectivity index (χ3v) is 4.68. The molecule has 2 N–H and O–H groups in total. The Morgan fingerprint density at radius 1 is 1.15 bits per heavy atom. The minimum Gasteiger partial charge on any atom is -0.369 e. The van der Waals surface area contributed by atoms with Gasteiger partial charge in [0.25, 0.3) is 0 Å². The maximum atomic E-state index is 5.96. The van der Waals surface area contributed by atoms with Crippen LogP contribution >= 0.6 is 0 Å². The minimum absolute atomic E-state index is 0.523. The molecule has 0 spiro atoms. The summed E-state index contributed by atoms with van der Waals surface area (Å²) in [6.07, 6.45) is 8.48. The zero-order chi connectivity index (χ0) is 18.4. The molecule has 1 aromatic carbocycles. The Morgan fingerprint density at radius 3 is 2.69 bits per heavy atom. The highest BCUT2D eigenvalue weighted by Gasteiger charge is 2.10. The van der Waals surface area contributed by atoms with Gasteiger partial charge in [-0.1, -0.05) is 61.9 Å². The summed E-state index contributed by atoms with van der Waals surface area (Å²) in [5.41, 5.74) is 8.23. The van der Waals surface area contributed by atoms with Crippen molar-refractivity contribution < 1.29 is 4.74 Å². The molecular weight excluding hydrogens is 322 g/mol. The maximum absolute atomic E-state index is 5.96. The van der Waals surface area contributed by atoms with Crippen LogP contribution in [0.25, 0.3) is 12.2 Å². The van der Waals surface area contributed by atoms with Crippen LogP contribution in [0, 0.1) is 5.92 Å². The van der Waals surface area contributed by atoms with Crippen LogP contribution < -0.4 is 16.4 Å². The van der Waals surface area contributed by atoms with Gasteiger partial charge < -0.3 is 15.0 Å². The Kier molecular flexibility index (Phi) is 6.42. The van der Waals surface area contributed by atoms with Crippen LogP contribution in [0.4, 0.5) is 0 Å². The Bertz CT molecular complexity index is 863. The van der Waals surface area contributed by atoms with Gasteiger partial charge in [0.15, 0.2) is 0 Å². The zero-order valence-electron chi connectivity index (χ0n) is 15.8. The molecule has 1 heterocycles. The van der Waals surface area contributed by atoms with E-state index in [1.54, 1.807) is 0 Å². The van der Waals surface area contributed by atoms with Gasteiger partial charge in [-0.15, -0.1) is 0 Å². The van der Waals surface area contributed by atoms with Crippen LogP contribution in [-0.4, -0.2) is 16.1 Å². The van der Waals surface area contributed by atoms with Gasteiger partial charge in [-0.2, -0.15) is 0 Å². The number of hydrogen-bond acceptors (Lipinski definition) is 3. The van der Waals surface area contributed by atoms with Crippen molar-refractivity contribution in [2.24, 2.45) is 11.7 Å². The van der Waals surface area contributed by atoms with Gasteiger partial charge in [0, 0.05) is 13.1 Å². The summed E-state index contributed by atoms with van der Waals surface area (Å²) >= 11 is 0. The molecular formula is C22H29N3O. The monoisotopic (exact) mass is 351 g/mol. The topological polar surface area (TPSA) is 53.1 Å². The number of nitrogens with two attached hydrogens (primary N) is 1. The fourth-order valence-corrected chi connectivity index (χ4v) is 3.08. The van der Waals surface area contributed by atoms with Crippen LogP contribution in [0.1, 0.15) is 38.1 Å². The number of fused-ring (bicyclic) bond motifs is 1. The third-order valence-electron chi connectivity index (χ3n) is 4.68. The lowest BCUT2D eigenvalue weighted by Crippen LogP contribution is -2.30. The molecule has 0 saturated heterocycles. The highest BCUT2D eigenvalue weighted by Crippen LogP contribution is 2.08. The number of imidazole rings is 1. The Morgan fingerprint density at radius 2 is 1.96 bits per heavy atom. The van der Waals surface area contributed by atoms with E-state index in [0.717, 1.165) is 30.6 Å². The van der Waals surface area contributed by atoms with E-state index >= 15 is 0 Å². The van der Waals surface area contributed by atoms with Gasteiger partial charge in [-0.3, -0.25) is 0 Å². The first-order chi connectivity index (χ1) is 12.7. The largest absolute Gasteiger partial charge is 0.369 e. The fourth-order valence-electron chi connectivity index (χ4n) is 3.08. The van der Waals surface area contributed by atoms with E-state index in [-0.39, 0.29) is 0 Å². The van der Waals surface area contributed by atoms with Crippen molar-refractivity contribution in [3.05, 3.63) is 64.1 Å². The fraction of sp³-hybridized carbons (Fsp3) is 0.409. The molecule has 26 heavy (non-hydrogen) atoms. The number of aromatic nitrogens is 2. The molecule has 0 bridgehead atoms. The van der Waals surface area contributed by atoms with E-state index in [9.17, 15) is 0 Å². The van der Waals surface area contributed by atoms with Gasteiger partial charge in [0.05, 0.1) is 17.3 Å². The average molecular weight is 351 g/mol. The first kappa shape index (κ1) is 18.6. The van der Waals surface area contributed by atoms with Crippen molar-refractivity contribution >= 4 is 12.2 Å². The van der Waals surface area contributed by atoms with Crippen molar-refractivity contribution in [2.75, 3.05) is 6.54 Å². The summed E-state index contributed by atoms with van der Waals surface area (Å²) in [4.78, 5) is 4.87. The average Bonchev–Trinajstić information content (AvgIpc) is 2.84. The van der Waals surface area contributed by atoms with E-state index < -0.39 is 0 Å². The lowest BCUT2D eigenvalue weighted by Gasteiger charge is -2.11. The zero-order valence-corrected chi connectivity index (χ0v) is 15.8. The number of allylic oxidation sites excluding steroid dienone is 1. The number of ether oxygens (including phenoxy) is 1. The molecule has 2 aromatic rings. The van der Waals surface area contributed by atoms with E-state index in [2.05, 4.69) is 48.8 Å². The van der Waals surface area contributed by atoms with Crippen molar-refractivity contribution in [2.45, 2.75) is 46.4 Å². The highest BCUT2D eigenvalue weighted by molar-refractivity contribution is 5.45. The number of rotatable bonds is 8. The van der Waals surface area contributed by atoms with E-state index in [0.29, 0.717) is 25.7 Å². The van der Waals surface area contributed by atoms with Gasteiger partial charge in [-0.05, 0) is 30.4 Å². The van der Waals surface area contributed by atoms with E-state index in [1.807, 2.05) is 18.2 Å². The summed E-state index contributed by atoms with van der Waals surface area (Å²) in [6.45, 7) is 7.19. The molecule has 0 saturated carbocycles. The smallest absolute Gasteiger partial charge is 0.135 e. The molecule has 1 aromatic heterocycles. The lowest BCUT2D eigenvalue weighted by atomic mass is 10.1. The molecule has 1 aliphatic rings. The third kappa shape index (κ3) is 4.71. The molecule has 0 amide bonds. The summed E-state index contributed by atoms with van der Waals surface area (Å²) < 4.78 is 8.27. The van der Waals surface area contributed by atoms with Crippen molar-refractivity contribution in [1.29, 1.82) is 0 Å². The normalized spacial score (nSPS) is 13.6. The van der Waals surface area contributed by atoms with Crippen LogP contribution in [0.3, 0.4) is 0 Å². The molecule has 138 valence electrons. The van der Waals surface area contributed by atoms with Gasteiger partial charge >= 0.3 is 0 Å². The maximum Gasteiger partial charge on any atom is 0.135 e. The van der Waals surface area contributed by atoms with Crippen molar-refractivity contribution in [1.82, 2.24) is 9.55 Å². The van der Waals surface area contributed by atoms with Crippen LogP contribution in [0.2, 0.25) is 0 Å². The molecule has 4 heteroatoms.